The fraction of sp³-hybridized carbons (Fsp3) is 0.368. The number of thioether (sulfide) groups is 1. The van der Waals surface area contributed by atoms with E-state index >= 15 is 0 Å². The smallest absolute Gasteiger partial charge is 0.368 e. The third-order valence-corrected chi connectivity index (χ3v) is 18.0. The zero-order valence-electron chi connectivity index (χ0n) is 70.8. The summed E-state index contributed by atoms with van der Waals surface area (Å²) in [5.41, 5.74) is 3.41. The lowest BCUT2D eigenvalue weighted by Gasteiger charge is -2.08. The van der Waals surface area contributed by atoms with Gasteiger partial charge < -0.3 is 29.0 Å². The van der Waals surface area contributed by atoms with Crippen LogP contribution < -0.4 is 34.1 Å². The number of nitrogens with zero attached hydrogens (tertiary/aromatic N) is 30. The van der Waals surface area contributed by atoms with Crippen LogP contribution in [0.25, 0.3) is 34.1 Å². The first-order chi connectivity index (χ1) is 59.8. The van der Waals surface area contributed by atoms with Crippen molar-refractivity contribution in [1.29, 1.82) is 0 Å². The topological polar surface area (TPSA) is 446 Å². The summed E-state index contributed by atoms with van der Waals surface area (Å²) in [7, 11) is 8.81. The Hall–Kier alpha value is -14.7. The monoisotopic (exact) mass is 1760 g/mol. The second kappa shape index (κ2) is 46.3. The highest BCUT2D eigenvalue weighted by atomic mass is 32.2. The lowest BCUT2D eigenvalue weighted by Crippen LogP contribution is -2.23. The van der Waals surface area contributed by atoms with Crippen molar-refractivity contribution in [3.8, 4) is 34.1 Å². The van der Waals surface area contributed by atoms with E-state index in [1.54, 1.807) is 64.1 Å². The Morgan fingerprint density at radius 3 is 0.840 bits per heavy atom. The molecular formula is C76H90F6N30O12S. The minimum atomic E-state index is -0.499. The van der Waals surface area contributed by atoms with Crippen molar-refractivity contribution in [1.82, 2.24) is 119 Å². The molecule has 0 atom stereocenters. The highest BCUT2D eigenvalue weighted by molar-refractivity contribution is 8.13. The van der Waals surface area contributed by atoms with Crippen molar-refractivity contribution in [2.75, 3.05) is 6.26 Å². The van der Waals surface area contributed by atoms with E-state index in [9.17, 15) is 55.1 Å². The molecule has 1 aliphatic rings. The van der Waals surface area contributed by atoms with Crippen LogP contribution in [0.15, 0.2) is 169 Å². The average Bonchev–Trinajstić information content (AvgIpc) is 1.75. The SMILES string of the molecule is CC(=NOCc1c(F)cccc1-n1nnn(C)c1=O)C1CC1.CC(C)=NOCc1c(F)cccc1-n1nnn(C)c1=O.CC=NOCc1c(F)cccc1-n1nnn(C)c1=O.CCC(C)=NOCc1c(F)cccc1-n1nnn(C)c1=O.CCCC(C)=NOCc1c(F)cccc1-n1nnn(C)c1=O.CSC(C)=NOCc1c(F)cccc1-n1nnn(C)c1=O. The molecule has 0 radical (unpaired) electrons. The maximum Gasteiger partial charge on any atom is 0.368 e. The minimum Gasteiger partial charge on any atom is -0.391 e. The number of oxime groups is 6. The van der Waals surface area contributed by atoms with Crippen LogP contribution in [-0.4, -0.2) is 159 Å². The predicted octanol–water partition coefficient (Wildman–Crippen LogP) is 7.58. The Morgan fingerprint density at radius 1 is 0.368 bits per heavy atom. The van der Waals surface area contributed by atoms with E-state index in [2.05, 4.69) is 93.5 Å². The molecule has 6 aromatic carbocycles. The standard InChI is InChI=1S/C14H16FN5O2.C14H18FN5O2.C13H16FN5O2.C12H14FN5O2S.C12H14FN5O2.C11H12FN5O2/c1-9(10-6-7-10)16-22-8-11-12(15)4-3-5-13(11)20-14(21)19(2)17-18-20;1-4-6-10(2)16-22-9-11-12(15)7-5-8-13(11)20-14(21)19(3)17-18-20;1-4-9(2)15-21-8-10-11(14)6-5-7-12(10)19-13(20)18(3)16-17-19;1-8(21-3)14-20-7-9-10(13)5-4-6-11(9)18-12(19)17(2)15-16-18;1-8(2)14-20-7-9-10(13)5-4-6-11(9)18-12(19)17(3)15-16-18;1-3-13-19-7-8-9(12)5-4-6-10(8)17-11(18)16(2)14-15-17/h3-5,10H,6-8H2,1-2H3;5,7-8H,4,6,9H2,1-3H3;5-7H,4,8H2,1-3H3;4-6H,7H2,1-3H3;4-6H,7H2,1-3H3;3-6H,7H2,1-2H3. The molecule has 49 heteroatoms. The third kappa shape index (κ3) is 25.9. The first kappa shape index (κ1) is 95.8. The average molecular weight is 1760 g/mol. The van der Waals surface area contributed by atoms with Crippen LogP contribution in [0.3, 0.4) is 0 Å². The zero-order valence-corrected chi connectivity index (χ0v) is 71.6. The summed E-state index contributed by atoms with van der Waals surface area (Å²) in [5.74, 6) is -2.46. The third-order valence-electron chi connectivity index (χ3n) is 17.4. The number of halogens is 6. The molecule has 0 aliphatic heterocycles. The fourth-order valence-corrected chi connectivity index (χ4v) is 10.5. The number of aryl methyl sites for hydroxylation is 6. The quantitative estimate of drug-likeness (QED) is 0.0197. The van der Waals surface area contributed by atoms with Crippen molar-refractivity contribution in [3.05, 3.63) is 240 Å². The molecule has 125 heavy (non-hydrogen) atoms. The zero-order chi connectivity index (χ0) is 91.1. The summed E-state index contributed by atoms with van der Waals surface area (Å²) < 4.78 is 96.3. The Bertz CT molecular complexity index is 6110. The van der Waals surface area contributed by atoms with Gasteiger partial charge in [-0.25, -0.2) is 55.1 Å². The van der Waals surface area contributed by atoms with Gasteiger partial charge in [-0.2, -0.15) is 56.2 Å². The molecule has 1 saturated carbocycles. The van der Waals surface area contributed by atoms with E-state index in [-0.39, 0.29) is 95.8 Å². The number of hydrogen-bond acceptors (Lipinski definition) is 31. The molecule has 0 unspecified atom stereocenters. The summed E-state index contributed by atoms with van der Waals surface area (Å²) in [6, 6.07) is 26.2. The van der Waals surface area contributed by atoms with Gasteiger partial charge in [-0.1, -0.05) is 87.6 Å². The number of tetrazole rings is 6. The van der Waals surface area contributed by atoms with Crippen LogP contribution in [-0.2, 0) is 111 Å². The van der Waals surface area contributed by atoms with Gasteiger partial charge >= 0.3 is 34.1 Å². The molecule has 42 nitrogen and oxygen atoms in total. The first-order valence-corrected chi connectivity index (χ1v) is 39.1. The molecule has 0 N–H and O–H groups in total. The van der Waals surface area contributed by atoms with Gasteiger partial charge in [0.2, 0.25) is 0 Å². The molecule has 6 aromatic heterocycles. The lowest BCUT2D eigenvalue weighted by atomic mass is 10.2. The van der Waals surface area contributed by atoms with E-state index in [1.165, 1.54) is 133 Å². The maximum atomic E-state index is 14.1. The molecule has 664 valence electrons. The molecule has 0 amide bonds. The van der Waals surface area contributed by atoms with Gasteiger partial charge in [-0.05, 0) is 216 Å². The molecule has 1 fully saturated rings. The first-order valence-electron chi connectivity index (χ1n) is 37.9. The Morgan fingerprint density at radius 2 is 0.616 bits per heavy atom. The normalized spacial score (nSPS) is 12.0. The van der Waals surface area contributed by atoms with Gasteiger partial charge in [0.25, 0.3) is 0 Å². The van der Waals surface area contributed by atoms with Crippen molar-refractivity contribution >= 4 is 45.9 Å². The van der Waals surface area contributed by atoms with E-state index in [0.717, 1.165) is 105 Å². The maximum absolute atomic E-state index is 14.1. The van der Waals surface area contributed by atoms with Crippen LogP contribution >= 0.6 is 11.8 Å². The van der Waals surface area contributed by atoms with Crippen LogP contribution in [0.4, 0.5) is 26.3 Å². The van der Waals surface area contributed by atoms with Crippen LogP contribution in [0, 0.1) is 40.8 Å². The predicted molar refractivity (Wildman–Crippen MR) is 445 cm³/mol. The largest absolute Gasteiger partial charge is 0.391 e. The van der Waals surface area contributed by atoms with Crippen molar-refractivity contribution in [2.24, 2.45) is 79.1 Å². The number of benzene rings is 6. The molecule has 0 saturated heterocycles. The molecule has 6 heterocycles. The molecule has 12 aromatic rings. The molecule has 1 aliphatic carbocycles. The van der Waals surface area contributed by atoms with Gasteiger partial charge in [0, 0.05) is 54.4 Å². The minimum absolute atomic E-state index is 0.0743. The number of rotatable bonds is 28. The summed E-state index contributed by atoms with van der Waals surface area (Å²) in [4.78, 5) is 102. The van der Waals surface area contributed by atoms with Gasteiger partial charge in [0.1, 0.15) is 79.6 Å². The van der Waals surface area contributed by atoms with Crippen molar-refractivity contribution in [2.45, 2.75) is 134 Å². The Labute approximate surface area is 711 Å². The molecule has 13 rings (SSSR count). The molecular weight excluding hydrogens is 1670 g/mol. The van der Waals surface area contributed by atoms with Gasteiger partial charge in [0.15, 0.2) is 0 Å². The van der Waals surface area contributed by atoms with E-state index in [1.807, 2.05) is 40.9 Å². The van der Waals surface area contributed by atoms with E-state index < -0.39 is 69.0 Å². The number of aromatic nitrogens is 24. The fourth-order valence-electron chi connectivity index (χ4n) is 10.4. The number of hydrogen-bond donors (Lipinski definition) is 0. The van der Waals surface area contributed by atoms with Crippen molar-refractivity contribution < 1.29 is 55.4 Å². The highest BCUT2D eigenvalue weighted by Gasteiger charge is 2.26. The summed E-state index contributed by atoms with van der Waals surface area (Å²) in [5, 5.41) is 67.5. The Kier molecular flexibility index (Phi) is 35.5. The lowest BCUT2D eigenvalue weighted by molar-refractivity contribution is 0.126. The van der Waals surface area contributed by atoms with Gasteiger partial charge in [0.05, 0.1) is 90.4 Å². The van der Waals surface area contributed by atoms with Crippen molar-refractivity contribution in [3.63, 3.8) is 0 Å². The Balaban J connectivity index is 0.000000186. The van der Waals surface area contributed by atoms with Crippen LogP contribution in [0.1, 0.15) is 128 Å². The van der Waals surface area contributed by atoms with Gasteiger partial charge in [-0.3, -0.25) is 0 Å². The summed E-state index contributed by atoms with van der Waals surface area (Å²) in [6.07, 6.45) is 8.06. The second-order valence-corrected chi connectivity index (χ2v) is 27.8. The van der Waals surface area contributed by atoms with E-state index in [4.69, 9.17) is 29.0 Å². The molecule has 0 bridgehead atoms. The second-order valence-electron chi connectivity index (χ2n) is 26.8. The van der Waals surface area contributed by atoms with Gasteiger partial charge in [-0.15, -0.1) is 11.8 Å². The summed E-state index contributed by atoms with van der Waals surface area (Å²) >= 11 is 1.42. The molecule has 0 spiro atoms. The van der Waals surface area contributed by atoms with Crippen LogP contribution in [0.2, 0.25) is 0 Å². The van der Waals surface area contributed by atoms with E-state index in [0.29, 0.717) is 28.0 Å². The van der Waals surface area contributed by atoms with Crippen LogP contribution in [0.5, 0.6) is 0 Å². The summed E-state index contributed by atoms with van der Waals surface area (Å²) in [6.45, 7) is 15.9. The highest BCUT2D eigenvalue weighted by Crippen LogP contribution is 2.31.